The van der Waals surface area contributed by atoms with E-state index in [0.717, 1.165) is 0 Å². The van der Waals surface area contributed by atoms with Gasteiger partial charge in [-0.05, 0) is 36.4 Å². The molecule has 4 rings (SSSR count). The second-order valence-corrected chi connectivity index (χ2v) is 6.42. The predicted molar refractivity (Wildman–Crippen MR) is 104 cm³/mol. The molecule has 3 aromatic rings. The maximum Gasteiger partial charge on any atom is 0.349 e. The van der Waals surface area contributed by atoms with Crippen molar-refractivity contribution in [2.45, 2.75) is 0 Å². The largest absolute Gasteiger partial charge is 0.422 e. The van der Waals surface area contributed by atoms with Crippen molar-refractivity contribution >= 4 is 28.5 Å². The molecule has 2 amide bonds. The number of carbonyl (C=O) groups is 2. The van der Waals surface area contributed by atoms with Gasteiger partial charge in [-0.15, -0.1) is 0 Å². The van der Waals surface area contributed by atoms with Crippen LogP contribution >= 0.6 is 0 Å². The number of anilines is 1. The van der Waals surface area contributed by atoms with Gasteiger partial charge in [0.05, 0.1) is 13.2 Å². The number of morpholine rings is 1. The zero-order valence-electron chi connectivity index (χ0n) is 15.0. The Hall–Kier alpha value is -3.45. The van der Waals surface area contributed by atoms with Crippen molar-refractivity contribution in [1.82, 2.24) is 4.90 Å². The molecule has 2 heterocycles. The summed E-state index contributed by atoms with van der Waals surface area (Å²) in [5, 5.41) is 3.33. The quantitative estimate of drug-likeness (QED) is 0.708. The van der Waals surface area contributed by atoms with Gasteiger partial charge in [0.2, 0.25) is 0 Å². The molecule has 0 saturated carbocycles. The standard InChI is InChI=1S/C21H18N2O5/c24-19(17-13-15-3-1-2-4-18(15)28-21(17)26)22-16-7-5-14(6-8-16)20(25)23-9-11-27-12-10-23/h1-8,13H,9-12H2,(H,22,24). The first kappa shape index (κ1) is 17.9. The van der Waals surface area contributed by atoms with Crippen LogP contribution < -0.4 is 10.9 Å². The maximum absolute atomic E-state index is 12.5. The van der Waals surface area contributed by atoms with Crippen molar-refractivity contribution in [3.63, 3.8) is 0 Å². The second kappa shape index (κ2) is 7.66. The van der Waals surface area contributed by atoms with Crippen molar-refractivity contribution in [3.8, 4) is 0 Å². The number of hydrogen-bond donors (Lipinski definition) is 1. The first-order valence-electron chi connectivity index (χ1n) is 8.93. The van der Waals surface area contributed by atoms with Gasteiger partial charge in [-0.2, -0.15) is 0 Å². The molecule has 0 aliphatic carbocycles. The predicted octanol–water partition coefficient (Wildman–Crippen LogP) is 2.52. The lowest BCUT2D eigenvalue weighted by Gasteiger charge is -2.26. The Morgan fingerprint density at radius 1 is 0.964 bits per heavy atom. The van der Waals surface area contributed by atoms with E-state index in [-0.39, 0.29) is 11.5 Å². The molecule has 0 bridgehead atoms. The van der Waals surface area contributed by atoms with E-state index < -0.39 is 11.5 Å². The van der Waals surface area contributed by atoms with Gasteiger partial charge in [0, 0.05) is 29.7 Å². The van der Waals surface area contributed by atoms with Gasteiger partial charge in [-0.3, -0.25) is 9.59 Å². The molecule has 1 fully saturated rings. The molecule has 7 nitrogen and oxygen atoms in total. The fraction of sp³-hybridized carbons (Fsp3) is 0.190. The Kier molecular flexibility index (Phi) is 4.90. The minimum atomic E-state index is -0.699. The normalized spacial score (nSPS) is 14.1. The van der Waals surface area contributed by atoms with E-state index >= 15 is 0 Å². The highest BCUT2D eigenvalue weighted by atomic mass is 16.5. The molecule has 142 valence electrons. The number of benzene rings is 2. The van der Waals surface area contributed by atoms with Crippen LogP contribution in [0.25, 0.3) is 11.0 Å². The van der Waals surface area contributed by atoms with Crippen LogP contribution in [0.5, 0.6) is 0 Å². The molecule has 7 heteroatoms. The minimum absolute atomic E-state index is 0.0728. The highest BCUT2D eigenvalue weighted by Gasteiger charge is 2.19. The fourth-order valence-corrected chi connectivity index (χ4v) is 3.06. The van der Waals surface area contributed by atoms with Crippen molar-refractivity contribution in [2.75, 3.05) is 31.6 Å². The third-order valence-corrected chi connectivity index (χ3v) is 4.57. The second-order valence-electron chi connectivity index (χ2n) is 6.42. The first-order chi connectivity index (χ1) is 13.6. The lowest BCUT2D eigenvalue weighted by atomic mass is 10.1. The summed E-state index contributed by atoms with van der Waals surface area (Å²) >= 11 is 0. The number of ether oxygens (including phenoxy) is 1. The molecule has 0 radical (unpaired) electrons. The van der Waals surface area contributed by atoms with Gasteiger partial charge in [-0.1, -0.05) is 18.2 Å². The van der Waals surface area contributed by atoms with Gasteiger partial charge < -0.3 is 19.4 Å². The molecule has 28 heavy (non-hydrogen) atoms. The summed E-state index contributed by atoms with van der Waals surface area (Å²) in [7, 11) is 0. The molecule has 0 unspecified atom stereocenters. The average Bonchev–Trinajstić information content (AvgIpc) is 2.74. The highest BCUT2D eigenvalue weighted by Crippen LogP contribution is 2.16. The lowest BCUT2D eigenvalue weighted by Crippen LogP contribution is -2.40. The summed E-state index contributed by atoms with van der Waals surface area (Å²) in [6.07, 6.45) is 0. The van der Waals surface area contributed by atoms with Crippen LogP contribution in [0.1, 0.15) is 20.7 Å². The van der Waals surface area contributed by atoms with Gasteiger partial charge in [0.25, 0.3) is 11.8 Å². The lowest BCUT2D eigenvalue weighted by molar-refractivity contribution is 0.0303. The van der Waals surface area contributed by atoms with E-state index in [1.165, 1.54) is 6.07 Å². The summed E-state index contributed by atoms with van der Waals surface area (Å²) in [6, 6.07) is 15.1. The molecule has 1 aromatic heterocycles. The van der Waals surface area contributed by atoms with Crippen molar-refractivity contribution in [3.05, 3.63) is 76.1 Å². The third kappa shape index (κ3) is 3.65. The molecular weight excluding hydrogens is 360 g/mol. The Labute approximate surface area is 160 Å². The number of para-hydroxylation sites is 1. The van der Waals surface area contributed by atoms with E-state index in [1.54, 1.807) is 53.4 Å². The van der Waals surface area contributed by atoms with Crippen LogP contribution in [-0.4, -0.2) is 43.0 Å². The molecule has 1 N–H and O–H groups in total. The Morgan fingerprint density at radius 3 is 2.43 bits per heavy atom. The van der Waals surface area contributed by atoms with Crippen molar-refractivity contribution in [2.24, 2.45) is 0 Å². The summed E-state index contributed by atoms with van der Waals surface area (Å²) in [5.41, 5.74) is 0.665. The third-order valence-electron chi connectivity index (χ3n) is 4.57. The van der Waals surface area contributed by atoms with Crippen LogP contribution in [0, 0.1) is 0 Å². The summed E-state index contributed by atoms with van der Waals surface area (Å²) in [6.45, 7) is 2.20. The molecule has 1 aliphatic rings. The maximum atomic E-state index is 12.5. The van der Waals surface area contributed by atoms with Crippen molar-refractivity contribution < 1.29 is 18.7 Å². The van der Waals surface area contributed by atoms with Crippen LogP contribution in [0.4, 0.5) is 5.69 Å². The average molecular weight is 378 g/mol. The topological polar surface area (TPSA) is 88.8 Å². The zero-order chi connectivity index (χ0) is 19.5. The fourth-order valence-electron chi connectivity index (χ4n) is 3.06. The monoisotopic (exact) mass is 378 g/mol. The number of amides is 2. The molecular formula is C21H18N2O5. The van der Waals surface area contributed by atoms with Crippen LogP contribution in [0.3, 0.4) is 0 Å². The summed E-state index contributed by atoms with van der Waals surface area (Å²) < 4.78 is 10.4. The summed E-state index contributed by atoms with van der Waals surface area (Å²) in [4.78, 5) is 38.8. The van der Waals surface area contributed by atoms with E-state index in [4.69, 9.17) is 9.15 Å². The number of rotatable bonds is 3. The van der Waals surface area contributed by atoms with Crippen molar-refractivity contribution in [1.29, 1.82) is 0 Å². The number of hydrogen-bond acceptors (Lipinski definition) is 5. The van der Waals surface area contributed by atoms with E-state index in [1.807, 2.05) is 0 Å². The smallest absolute Gasteiger partial charge is 0.349 e. The first-order valence-corrected chi connectivity index (χ1v) is 8.93. The van der Waals surface area contributed by atoms with Gasteiger partial charge in [0.1, 0.15) is 11.1 Å². The molecule has 1 aliphatic heterocycles. The SMILES string of the molecule is O=C(Nc1ccc(C(=O)N2CCOCC2)cc1)c1cc2ccccc2oc1=O. The molecule has 1 saturated heterocycles. The molecule has 0 atom stereocenters. The van der Waals surface area contributed by atoms with Gasteiger partial charge in [-0.25, -0.2) is 4.79 Å². The number of fused-ring (bicyclic) bond motifs is 1. The Balaban J connectivity index is 1.50. The highest BCUT2D eigenvalue weighted by molar-refractivity contribution is 6.05. The molecule has 0 spiro atoms. The van der Waals surface area contributed by atoms with Crippen LogP contribution in [0.2, 0.25) is 0 Å². The molecule has 2 aromatic carbocycles. The zero-order valence-corrected chi connectivity index (χ0v) is 15.0. The Morgan fingerprint density at radius 2 is 1.68 bits per heavy atom. The van der Waals surface area contributed by atoms with Gasteiger partial charge >= 0.3 is 5.63 Å². The van der Waals surface area contributed by atoms with E-state index in [2.05, 4.69) is 5.32 Å². The Bertz CT molecular complexity index is 1080. The number of carbonyl (C=O) groups excluding carboxylic acids is 2. The van der Waals surface area contributed by atoms with Crippen LogP contribution in [0.15, 0.2) is 63.8 Å². The van der Waals surface area contributed by atoms with Gasteiger partial charge in [0.15, 0.2) is 0 Å². The number of nitrogens with zero attached hydrogens (tertiary/aromatic N) is 1. The van der Waals surface area contributed by atoms with E-state index in [9.17, 15) is 14.4 Å². The summed E-state index contributed by atoms with van der Waals surface area (Å²) in [5.74, 6) is -0.636. The number of nitrogens with one attached hydrogen (secondary N) is 1. The van der Waals surface area contributed by atoms with E-state index in [0.29, 0.717) is 48.5 Å². The van der Waals surface area contributed by atoms with Crippen LogP contribution in [-0.2, 0) is 4.74 Å². The minimum Gasteiger partial charge on any atom is -0.422 e.